The second-order valence-electron chi connectivity index (χ2n) is 6.15. The van der Waals surface area contributed by atoms with E-state index in [1.807, 2.05) is 37.3 Å². The van der Waals surface area contributed by atoms with Crippen LogP contribution in [0, 0.1) is 6.92 Å². The number of rotatable bonds is 3. The molecule has 138 valence electrons. The Kier molecular flexibility index (Phi) is 5.12. The van der Waals surface area contributed by atoms with Gasteiger partial charge in [0.15, 0.2) is 0 Å². The number of ether oxygens (including phenoxy) is 1. The summed E-state index contributed by atoms with van der Waals surface area (Å²) in [6.07, 6.45) is 0. The van der Waals surface area contributed by atoms with Crippen molar-refractivity contribution in [3.8, 4) is 16.2 Å². The van der Waals surface area contributed by atoms with Gasteiger partial charge in [0.05, 0.1) is 17.7 Å². The predicted molar refractivity (Wildman–Crippen MR) is 115 cm³/mol. The molecule has 4 rings (SSSR count). The zero-order valence-corrected chi connectivity index (χ0v) is 17.7. The Labute approximate surface area is 175 Å². The van der Waals surface area contributed by atoms with E-state index < -0.39 is 0 Å². The van der Waals surface area contributed by atoms with E-state index in [1.165, 1.54) is 16.9 Å². The molecule has 0 radical (unpaired) electrons. The number of aryl methyl sites for hydroxylation is 1. The summed E-state index contributed by atoms with van der Waals surface area (Å²) in [5, 5.41) is 4.27. The Morgan fingerprint density at radius 3 is 2.78 bits per heavy atom. The number of nitrogens with one attached hydrogen (secondary N) is 1. The molecule has 1 amide bonds. The summed E-state index contributed by atoms with van der Waals surface area (Å²) in [7, 11) is 1.56. The largest absolute Gasteiger partial charge is 0.495 e. The van der Waals surface area contributed by atoms with E-state index in [9.17, 15) is 4.79 Å². The molecule has 0 fully saturated rings. The number of anilines is 1. The summed E-state index contributed by atoms with van der Waals surface area (Å²) >= 11 is 15.5. The summed E-state index contributed by atoms with van der Waals surface area (Å²) in [6.45, 7) is 1.89. The molecule has 7 heteroatoms. The van der Waals surface area contributed by atoms with Gasteiger partial charge in [0, 0.05) is 37.2 Å². The molecule has 0 saturated carbocycles. The lowest BCUT2D eigenvalue weighted by atomic mass is 10.1. The number of fused-ring (bicyclic) bond motifs is 3. The van der Waals surface area contributed by atoms with Gasteiger partial charge in [-0.1, -0.05) is 29.3 Å². The molecule has 3 nitrogen and oxygen atoms in total. The number of hydrogen-bond donors (Lipinski definition) is 1. The Bertz CT molecular complexity index is 1060. The molecule has 0 unspecified atom stereocenters. The zero-order chi connectivity index (χ0) is 19.1. The molecule has 1 aliphatic heterocycles. The fourth-order valence-electron chi connectivity index (χ4n) is 2.95. The maximum absolute atomic E-state index is 12.8. The molecule has 0 bridgehead atoms. The number of carbonyl (C=O) groups is 1. The second-order valence-corrected chi connectivity index (χ2v) is 9.06. The predicted octanol–water partition coefficient (Wildman–Crippen LogP) is 6.90. The van der Waals surface area contributed by atoms with Gasteiger partial charge in [-0.05, 0) is 42.3 Å². The molecule has 0 aliphatic carbocycles. The first-order chi connectivity index (χ1) is 13.0. The molecule has 1 aliphatic rings. The minimum atomic E-state index is -0.157. The number of hydrogen-bond acceptors (Lipinski definition) is 4. The summed E-state index contributed by atoms with van der Waals surface area (Å²) in [6, 6.07) is 11.4. The topological polar surface area (TPSA) is 38.3 Å². The van der Waals surface area contributed by atoms with Gasteiger partial charge in [-0.25, -0.2) is 0 Å². The summed E-state index contributed by atoms with van der Waals surface area (Å²) in [5.41, 5.74) is 3.79. The van der Waals surface area contributed by atoms with Gasteiger partial charge in [-0.15, -0.1) is 23.1 Å². The van der Waals surface area contributed by atoms with E-state index in [1.54, 1.807) is 24.9 Å². The zero-order valence-electron chi connectivity index (χ0n) is 14.6. The van der Waals surface area contributed by atoms with Crippen molar-refractivity contribution in [2.24, 2.45) is 0 Å². The molecule has 0 spiro atoms. The van der Waals surface area contributed by atoms with Gasteiger partial charge in [-0.3, -0.25) is 4.79 Å². The molecule has 2 heterocycles. The Morgan fingerprint density at radius 2 is 2.00 bits per heavy atom. The molecular weight excluding hydrogens is 421 g/mol. The van der Waals surface area contributed by atoms with Crippen molar-refractivity contribution >= 4 is 57.9 Å². The molecule has 27 heavy (non-hydrogen) atoms. The Morgan fingerprint density at radius 1 is 1.19 bits per heavy atom. The Balaban J connectivity index is 1.66. The highest BCUT2D eigenvalue weighted by Gasteiger charge is 2.23. The highest BCUT2D eigenvalue weighted by Crippen LogP contribution is 2.46. The average Bonchev–Trinajstić information content (AvgIpc) is 3.09. The lowest BCUT2D eigenvalue weighted by Crippen LogP contribution is -2.11. The third-order valence-electron chi connectivity index (χ3n) is 4.33. The van der Waals surface area contributed by atoms with Crippen LogP contribution in [-0.4, -0.2) is 13.0 Å². The minimum absolute atomic E-state index is 0.157. The lowest BCUT2D eigenvalue weighted by molar-refractivity contribution is 0.103. The van der Waals surface area contributed by atoms with Crippen LogP contribution in [0.15, 0.2) is 41.3 Å². The monoisotopic (exact) mass is 435 g/mol. The van der Waals surface area contributed by atoms with E-state index in [-0.39, 0.29) is 5.91 Å². The Hall–Kier alpha value is -1.66. The number of amides is 1. The van der Waals surface area contributed by atoms with Crippen molar-refractivity contribution in [1.29, 1.82) is 0 Å². The number of benzene rings is 2. The van der Waals surface area contributed by atoms with Crippen LogP contribution in [0.1, 0.15) is 20.8 Å². The van der Waals surface area contributed by atoms with Crippen molar-refractivity contribution in [3.05, 3.63) is 62.4 Å². The van der Waals surface area contributed by atoms with Crippen LogP contribution in [0.25, 0.3) is 10.4 Å². The summed E-state index contributed by atoms with van der Waals surface area (Å²) in [5.74, 6) is 1.21. The van der Waals surface area contributed by atoms with E-state index in [4.69, 9.17) is 27.9 Å². The second kappa shape index (κ2) is 7.40. The van der Waals surface area contributed by atoms with Crippen LogP contribution in [0.3, 0.4) is 0 Å². The van der Waals surface area contributed by atoms with Gasteiger partial charge in [0.1, 0.15) is 5.75 Å². The number of carbonyl (C=O) groups excluding carboxylic acids is 1. The number of halogens is 2. The number of thioether (sulfide) groups is 1. The fourth-order valence-corrected chi connectivity index (χ4v) is 5.68. The third-order valence-corrected chi connectivity index (χ3v) is 7.29. The molecular formula is C20H15Cl2NO2S2. The van der Waals surface area contributed by atoms with Crippen molar-refractivity contribution < 1.29 is 9.53 Å². The maximum Gasteiger partial charge on any atom is 0.265 e. The van der Waals surface area contributed by atoms with Crippen LogP contribution < -0.4 is 10.1 Å². The minimum Gasteiger partial charge on any atom is -0.495 e. The van der Waals surface area contributed by atoms with E-state index in [0.717, 1.165) is 31.7 Å². The quantitative estimate of drug-likeness (QED) is 0.486. The van der Waals surface area contributed by atoms with Crippen LogP contribution in [0.5, 0.6) is 5.75 Å². The number of thiophene rings is 1. The molecule has 1 N–H and O–H groups in total. The molecule has 0 atom stereocenters. The smallest absolute Gasteiger partial charge is 0.265 e. The van der Waals surface area contributed by atoms with Gasteiger partial charge in [0.25, 0.3) is 5.91 Å². The van der Waals surface area contributed by atoms with Crippen molar-refractivity contribution in [2.45, 2.75) is 17.6 Å². The first-order valence-electron chi connectivity index (χ1n) is 8.17. The molecule has 0 saturated heterocycles. The van der Waals surface area contributed by atoms with E-state index >= 15 is 0 Å². The highest BCUT2D eigenvalue weighted by molar-refractivity contribution is 7.98. The third kappa shape index (κ3) is 3.57. The van der Waals surface area contributed by atoms with Crippen LogP contribution in [0.4, 0.5) is 5.69 Å². The average molecular weight is 436 g/mol. The maximum atomic E-state index is 12.8. The fraction of sp³-hybridized carbons (Fsp3) is 0.150. The van der Waals surface area contributed by atoms with E-state index in [0.29, 0.717) is 21.3 Å². The van der Waals surface area contributed by atoms with Gasteiger partial charge >= 0.3 is 0 Å². The molecule has 1 aromatic heterocycles. The first-order valence-corrected chi connectivity index (χ1v) is 10.7. The first kappa shape index (κ1) is 18.7. The van der Waals surface area contributed by atoms with Crippen molar-refractivity contribution in [3.63, 3.8) is 0 Å². The van der Waals surface area contributed by atoms with Crippen molar-refractivity contribution in [1.82, 2.24) is 0 Å². The van der Waals surface area contributed by atoms with Gasteiger partial charge in [-0.2, -0.15) is 0 Å². The SMILES string of the molecule is COc1cc(Cl)c(C)cc1NC(=O)c1cc2c(s1)-c1ccc(Cl)cc1SC2. The van der Waals surface area contributed by atoms with Gasteiger partial charge < -0.3 is 10.1 Å². The standard InChI is InChI=1S/C20H15Cl2NO2S2/c1-10-5-15(16(25-2)8-14(10)22)23-20(24)18-6-11-9-26-17-7-12(21)3-4-13(17)19(11)27-18/h3-8H,9H2,1-2H3,(H,23,24). The summed E-state index contributed by atoms with van der Waals surface area (Å²) < 4.78 is 5.35. The van der Waals surface area contributed by atoms with Crippen LogP contribution in [-0.2, 0) is 5.75 Å². The van der Waals surface area contributed by atoms with Crippen LogP contribution >= 0.6 is 46.3 Å². The van der Waals surface area contributed by atoms with E-state index in [2.05, 4.69) is 5.32 Å². The number of methoxy groups -OCH3 is 1. The highest BCUT2D eigenvalue weighted by atomic mass is 35.5. The summed E-state index contributed by atoms with van der Waals surface area (Å²) in [4.78, 5) is 15.8. The molecule has 2 aromatic carbocycles. The lowest BCUT2D eigenvalue weighted by Gasteiger charge is -2.15. The molecule has 3 aromatic rings. The van der Waals surface area contributed by atoms with Gasteiger partial charge in [0.2, 0.25) is 0 Å². The van der Waals surface area contributed by atoms with Crippen molar-refractivity contribution in [2.75, 3.05) is 12.4 Å². The normalized spacial score (nSPS) is 12.3. The van der Waals surface area contributed by atoms with Crippen LogP contribution in [0.2, 0.25) is 10.0 Å².